The van der Waals surface area contributed by atoms with Crippen LogP contribution in [0.4, 0.5) is 4.39 Å². The number of methoxy groups -OCH3 is 2. The summed E-state index contributed by atoms with van der Waals surface area (Å²) in [5.74, 6) is 0.394. The normalized spacial score (nSPS) is 13.0. The van der Waals surface area contributed by atoms with E-state index >= 15 is 0 Å². The third-order valence-electron chi connectivity index (χ3n) is 4.15. The Bertz CT molecular complexity index is 752. The van der Waals surface area contributed by atoms with E-state index < -0.39 is 17.9 Å². The summed E-state index contributed by atoms with van der Waals surface area (Å²) in [5, 5.41) is 2.92. The molecule has 2 unspecified atom stereocenters. The van der Waals surface area contributed by atoms with Gasteiger partial charge < -0.3 is 20.5 Å². The molecule has 0 fully saturated rings. The summed E-state index contributed by atoms with van der Waals surface area (Å²) < 4.78 is 24.5. The van der Waals surface area contributed by atoms with Gasteiger partial charge >= 0.3 is 0 Å². The molecule has 0 radical (unpaired) electrons. The molecule has 1 amide bonds. The number of ether oxygens (including phenoxy) is 2. The topological polar surface area (TPSA) is 73.6 Å². The van der Waals surface area contributed by atoms with Crippen molar-refractivity contribution in [2.45, 2.75) is 31.8 Å². The molecule has 0 saturated carbocycles. The van der Waals surface area contributed by atoms with Crippen LogP contribution in [-0.2, 0) is 4.79 Å². The molecule has 26 heavy (non-hydrogen) atoms. The quantitative estimate of drug-likeness (QED) is 0.758. The Morgan fingerprint density at radius 2 is 1.96 bits per heavy atom. The molecule has 0 heterocycles. The van der Waals surface area contributed by atoms with E-state index in [-0.39, 0.29) is 5.91 Å². The van der Waals surface area contributed by atoms with E-state index in [0.29, 0.717) is 23.5 Å². The van der Waals surface area contributed by atoms with Crippen LogP contribution in [0.2, 0.25) is 0 Å². The number of hydrogen-bond acceptors (Lipinski definition) is 4. The Hall–Kier alpha value is -2.60. The summed E-state index contributed by atoms with van der Waals surface area (Å²) in [6.45, 7) is 1.96. The van der Waals surface area contributed by atoms with Crippen molar-refractivity contribution >= 4 is 5.91 Å². The fraction of sp³-hybridized carbons (Fsp3) is 0.350. The first-order valence-corrected chi connectivity index (χ1v) is 8.53. The van der Waals surface area contributed by atoms with Crippen LogP contribution < -0.4 is 20.5 Å². The molecule has 0 saturated heterocycles. The third kappa shape index (κ3) is 4.73. The van der Waals surface area contributed by atoms with Gasteiger partial charge in [-0.15, -0.1) is 0 Å². The Kier molecular flexibility index (Phi) is 6.97. The largest absolute Gasteiger partial charge is 0.497 e. The summed E-state index contributed by atoms with van der Waals surface area (Å²) in [7, 11) is 3.07. The molecule has 2 aromatic carbocycles. The molecule has 2 rings (SSSR count). The number of benzene rings is 2. The van der Waals surface area contributed by atoms with Crippen molar-refractivity contribution in [3.63, 3.8) is 0 Å². The van der Waals surface area contributed by atoms with Gasteiger partial charge in [-0.05, 0) is 42.3 Å². The number of nitrogens with one attached hydrogen (secondary N) is 1. The third-order valence-corrected chi connectivity index (χ3v) is 4.15. The number of halogens is 1. The minimum absolute atomic E-state index is 0.300. The van der Waals surface area contributed by atoms with Gasteiger partial charge in [-0.3, -0.25) is 4.79 Å². The summed E-state index contributed by atoms with van der Waals surface area (Å²) in [6.07, 6.45) is 1.36. The molecule has 0 aliphatic rings. The van der Waals surface area contributed by atoms with E-state index in [4.69, 9.17) is 15.2 Å². The zero-order valence-electron chi connectivity index (χ0n) is 15.3. The van der Waals surface area contributed by atoms with Gasteiger partial charge in [-0.2, -0.15) is 0 Å². The molecule has 0 spiro atoms. The van der Waals surface area contributed by atoms with E-state index in [9.17, 15) is 9.18 Å². The van der Waals surface area contributed by atoms with Gasteiger partial charge in [-0.1, -0.05) is 25.5 Å². The molecule has 6 heteroatoms. The molecule has 140 valence electrons. The number of nitrogens with two attached hydrogens (primary N) is 1. The summed E-state index contributed by atoms with van der Waals surface area (Å²) in [4.78, 5) is 12.5. The highest BCUT2D eigenvalue weighted by molar-refractivity contribution is 5.82. The fourth-order valence-electron chi connectivity index (χ4n) is 2.78. The van der Waals surface area contributed by atoms with Crippen molar-refractivity contribution in [2.75, 3.05) is 14.2 Å². The highest BCUT2D eigenvalue weighted by Gasteiger charge is 2.24. The second-order valence-corrected chi connectivity index (χ2v) is 6.00. The molecule has 0 aliphatic carbocycles. The lowest BCUT2D eigenvalue weighted by Crippen LogP contribution is -2.42. The highest BCUT2D eigenvalue weighted by Crippen LogP contribution is 2.32. The number of carbonyl (C=O) groups excluding carboxylic acids is 1. The molecular formula is C20H25FN2O3. The predicted molar refractivity (Wildman–Crippen MR) is 98.8 cm³/mol. The van der Waals surface area contributed by atoms with Gasteiger partial charge in [0.05, 0.1) is 26.3 Å². The van der Waals surface area contributed by atoms with Crippen molar-refractivity contribution in [3.05, 3.63) is 59.4 Å². The Morgan fingerprint density at radius 3 is 2.62 bits per heavy atom. The minimum atomic E-state index is -0.632. The minimum Gasteiger partial charge on any atom is -0.497 e. The van der Waals surface area contributed by atoms with Crippen LogP contribution in [0, 0.1) is 5.82 Å². The summed E-state index contributed by atoms with van der Waals surface area (Å²) >= 11 is 0. The lowest BCUT2D eigenvalue weighted by Gasteiger charge is -2.24. The van der Waals surface area contributed by atoms with Gasteiger partial charge in [0.1, 0.15) is 17.3 Å². The van der Waals surface area contributed by atoms with Crippen LogP contribution in [0.25, 0.3) is 0 Å². The first-order valence-electron chi connectivity index (χ1n) is 8.53. The van der Waals surface area contributed by atoms with Crippen LogP contribution in [0.15, 0.2) is 42.5 Å². The standard InChI is InChI=1S/C20H25FN2O3/c1-4-6-17(22)20(24)23-19(13-7-5-8-15(11-13)25-2)16-12-14(21)9-10-18(16)26-3/h5,7-12,17,19H,4,6,22H2,1-3H3,(H,23,24). The van der Waals surface area contributed by atoms with Crippen molar-refractivity contribution in [1.29, 1.82) is 0 Å². The van der Waals surface area contributed by atoms with Crippen LogP contribution >= 0.6 is 0 Å². The van der Waals surface area contributed by atoms with Crippen LogP contribution in [0.3, 0.4) is 0 Å². The number of amides is 1. The zero-order valence-corrected chi connectivity index (χ0v) is 15.3. The second kappa shape index (κ2) is 9.20. The van der Waals surface area contributed by atoms with Gasteiger partial charge in [0, 0.05) is 5.56 Å². The van der Waals surface area contributed by atoms with E-state index in [1.165, 1.54) is 25.3 Å². The van der Waals surface area contributed by atoms with E-state index in [2.05, 4.69) is 5.32 Å². The molecule has 0 aromatic heterocycles. The monoisotopic (exact) mass is 360 g/mol. The van der Waals surface area contributed by atoms with Gasteiger partial charge in [-0.25, -0.2) is 4.39 Å². The lowest BCUT2D eigenvalue weighted by atomic mass is 9.96. The van der Waals surface area contributed by atoms with Crippen molar-refractivity contribution < 1.29 is 18.7 Å². The number of hydrogen-bond donors (Lipinski definition) is 2. The van der Waals surface area contributed by atoms with Gasteiger partial charge in [0.25, 0.3) is 0 Å². The first-order chi connectivity index (χ1) is 12.5. The van der Waals surface area contributed by atoms with Crippen LogP contribution in [0.5, 0.6) is 11.5 Å². The molecule has 5 nitrogen and oxygen atoms in total. The highest BCUT2D eigenvalue weighted by atomic mass is 19.1. The fourth-order valence-corrected chi connectivity index (χ4v) is 2.78. The van der Waals surface area contributed by atoms with E-state index in [0.717, 1.165) is 12.0 Å². The SMILES string of the molecule is CCCC(N)C(=O)NC(c1cccc(OC)c1)c1cc(F)ccc1OC. The van der Waals surface area contributed by atoms with Crippen LogP contribution in [0.1, 0.15) is 36.9 Å². The predicted octanol–water partition coefficient (Wildman–Crippen LogP) is 3.18. The zero-order chi connectivity index (χ0) is 19.1. The first kappa shape index (κ1) is 19.7. The molecule has 2 atom stereocenters. The van der Waals surface area contributed by atoms with Crippen molar-refractivity contribution in [1.82, 2.24) is 5.32 Å². The number of rotatable bonds is 8. The van der Waals surface area contributed by atoms with Gasteiger partial charge in [0.2, 0.25) is 5.91 Å². The van der Waals surface area contributed by atoms with Crippen LogP contribution in [-0.4, -0.2) is 26.2 Å². The maximum absolute atomic E-state index is 13.9. The molecule has 2 aromatic rings. The lowest BCUT2D eigenvalue weighted by molar-refractivity contribution is -0.123. The Morgan fingerprint density at radius 1 is 1.19 bits per heavy atom. The summed E-state index contributed by atoms with van der Waals surface area (Å²) in [6, 6.07) is 10.2. The second-order valence-electron chi connectivity index (χ2n) is 6.00. The molecule has 0 bridgehead atoms. The van der Waals surface area contributed by atoms with Crippen molar-refractivity contribution in [2.24, 2.45) is 5.73 Å². The van der Waals surface area contributed by atoms with E-state index in [1.54, 1.807) is 19.2 Å². The maximum Gasteiger partial charge on any atom is 0.237 e. The summed E-state index contributed by atoms with van der Waals surface area (Å²) in [5.41, 5.74) is 7.20. The smallest absolute Gasteiger partial charge is 0.237 e. The van der Waals surface area contributed by atoms with E-state index in [1.807, 2.05) is 19.1 Å². The van der Waals surface area contributed by atoms with Gasteiger partial charge in [0.15, 0.2) is 0 Å². The Balaban J connectivity index is 2.48. The Labute approximate surface area is 153 Å². The average Bonchev–Trinajstić information content (AvgIpc) is 2.66. The average molecular weight is 360 g/mol. The maximum atomic E-state index is 13.9. The van der Waals surface area contributed by atoms with Crippen molar-refractivity contribution in [3.8, 4) is 11.5 Å². The molecule has 0 aliphatic heterocycles. The molecular weight excluding hydrogens is 335 g/mol. The molecule has 3 N–H and O–H groups in total. The number of carbonyl (C=O) groups is 1.